The fraction of sp³-hybridized carbons (Fsp3) is 0.423. The Balaban J connectivity index is 1.19. The minimum Gasteiger partial charge on any atom is -0.379 e. The number of hydrogen-bond acceptors (Lipinski definition) is 6. The number of anilines is 1. The van der Waals surface area contributed by atoms with Crippen molar-refractivity contribution in [1.82, 2.24) is 20.2 Å². The lowest BCUT2D eigenvalue weighted by atomic mass is 10.1. The summed E-state index contributed by atoms with van der Waals surface area (Å²) in [5, 5.41) is 2.83. The van der Waals surface area contributed by atoms with Gasteiger partial charge >= 0.3 is 0 Å². The summed E-state index contributed by atoms with van der Waals surface area (Å²) in [5.74, 6) is -0.908. The van der Waals surface area contributed by atoms with Crippen LogP contribution in [0, 0.1) is 5.82 Å². The molecule has 184 valence electrons. The van der Waals surface area contributed by atoms with Crippen molar-refractivity contribution in [2.75, 3.05) is 44.3 Å². The number of H-pyrrole nitrogens is 1. The Morgan fingerprint density at radius 3 is 2.77 bits per heavy atom. The molecule has 0 bridgehead atoms. The quantitative estimate of drug-likeness (QED) is 0.565. The third-order valence-corrected chi connectivity index (χ3v) is 6.81. The van der Waals surface area contributed by atoms with Gasteiger partial charge in [0.05, 0.1) is 29.2 Å². The van der Waals surface area contributed by atoms with Gasteiger partial charge in [0.15, 0.2) is 0 Å². The molecule has 1 amide bonds. The molecule has 0 spiro atoms. The summed E-state index contributed by atoms with van der Waals surface area (Å²) in [6.45, 7) is 6.91. The van der Waals surface area contributed by atoms with Gasteiger partial charge in [-0.2, -0.15) is 0 Å². The first-order valence-corrected chi connectivity index (χ1v) is 12.2. The van der Waals surface area contributed by atoms with E-state index in [0.29, 0.717) is 19.6 Å². The zero-order chi connectivity index (χ0) is 24.4. The fourth-order valence-electron chi connectivity index (χ4n) is 4.73. The van der Waals surface area contributed by atoms with Gasteiger partial charge in [-0.1, -0.05) is 6.92 Å². The molecule has 0 radical (unpaired) electrons. The maximum absolute atomic E-state index is 14.7. The van der Waals surface area contributed by atoms with Crippen LogP contribution < -0.4 is 15.8 Å². The average molecular weight is 480 g/mol. The molecule has 0 saturated carbocycles. The van der Waals surface area contributed by atoms with Crippen molar-refractivity contribution in [2.24, 2.45) is 0 Å². The van der Waals surface area contributed by atoms with Crippen molar-refractivity contribution in [2.45, 2.75) is 32.4 Å². The van der Waals surface area contributed by atoms with Gasteiger partial charge in [-0.25, -0.2) is 4.39 Å². The van der Waals surface area contributed by atoms with Crippen LogP contribution in [0.5, 0.6) is 0 Å². The number of ether oxygens (including phenoxy) is 1. The van der Waals surface area contributed by atoms with Gasteiger partial charge in [0, 0.05) is 56.8 Å². The van der Waals surface area contributed by atoms with Crippen molar-refractivity contribution >= 4 is 22.6 Å². The summed E-state index contributed by atoms with van der Waals surface area (Å²) in [6.07, 6.45) is 3.29. The first-order valence-electron chi connectivity index (χ1n) is 12.2. The van der Waals surface area contributed by atoms with Gasteiger partial charge in [-0.05, 0) is 48.7 Å². The maximum Gasteiger partial charge on any atom is 0.254 e. The minimum absolute atomic E-state index is 0.0542. The topological polar surface area (TPSA) is 90.6 Å². The Morgan fingerprint density at radius 2 is 2.06 bits per heavy atom. The van der Waals surface area contributed by atoms with E-state index in [4.69, 9.17) is 4.74 Å². The highest BCUT2D eigenvalue weighted by atomic mass is 19.1. The summed E-state index contributed by atoms with van der Waals surface area (Å²) in [6, 6.07) is 8.62. The number of aromatic nitrogens is 2. The first-order chi connectivity index (χ1) is 17.0. The molecule has 1 atom stereocenters. The smallest absolute Gasteiger partial charge is 0.254 e. The molecule has 2 N–H and O–H groups in total. The number of fused-ring (bicyclic) bond motifs is 1. The first kappa shape index (κ1) is 23.4. The Hall–Kier alpha value is -3.30. The Kier molecular flexibility index (Phi) is 6.79. The van der Waals surface area contributed by atoms with E-state index in [9.17, 15) is 14.0 Å². The summed E-state index contributed by atoms with van der Waals surface area (Å²) in [7, 11) is 0. The predicted octanol–water partition coefficient (Wildman–Crippen LogP) is 2.47. The Morgan fingerprint density at radius 1 is 1.23 bits per heavy atom. The second-order valence-corrected chi connectivity index (χ2v) is 9.21. The lowest BCUT2D eigenvalue weighted by Crippen LogP contribution is -2.46. The second kappa shape index (κ2) is 10.1. The molecule has 2 aliphatic heterocycles. The summed E-state index contributed by atoms with van der Waals surface area (Å²) < 4.78 is 20.0. The third-order valence-electron chi connectivity index (χ3n) is 6.81. The lowest BCUT2D eigenvalue weighted by Gasteiger charge is -2.36. The van der Waals surface area contributed by atoms with Crippen molar-refractivity contribution in [3.8, 4) is 0 Å². The molecule has 2 aromatic heterocycles. The van der Waals surface area contributed by atoms with Crippen LogP contribution in [0.4, 0.5) is 10.1 Å². The minimum atomic E-state index is -0.510. The van der Waals surface area contributed by atoms with Crippen LogP contribution in [0.3, 0.4) is 0 Å². The van der Waals surface area contributed by atoms with E-state index in [1.807, 2.05) is 31.3 Å². The molecule has 1 aromatic carbocycles. The molecule has 2 aliphatic rings. The molecule has 35 heavy (non-hydrogen) atoms. The lowest BCUT2D eigenvalue weighted by molar-refractivity contribution is 0.0926. The number of carbonyl (C=O) groups is 1. The summed E-state index contributed by atoms with van der Waals surface area (Å²) in [5.41, 5.74) is 4.11. The molecule has 1 unspecified atom stereocenters. The zero-order valence-corrected chi connectivity index (χ0v) is 19.8. The Labute approximate surface area is 203 Å². The molecule has 0 aliphatic carbocycles. The number of halogens is 1. The number of nitrogens with one attached hydrogen (secondary N) is 2. The van der Waals surface area contributed by atoms with Gasteiger partial charge in [-0.15, -0.1) is 0 Å². The standard InChI is InChI=1S/C26H30FN5O3/c1-2-18-12-23-24(30-25(18)33)11-17(14-28-23)15-31-6-8-32(9-7-31)20-3-4-21(22(27)13-20)26(34)29-19-5-10-35-16-19/h3-4,11-14,19H,2,5-10,15-16H2,1H3,(H,29,34)(H,30,33). The molecular formula is C26H30FN5O3. The van der Waals surface area contributed by atoms with E-state index in [-0.39, 0.29) is 17.2 Å². The monoisotopic (exact) mass is 479 g/mol. The number of hydrogen-bond donors (Lipinski definition) is 2. The number of carbonyl (C=O) groups excluding carboxylic acids is 1. The van der Waals surface area contributed by atoms with E-state index in [2.05, 4.69) is 25.1 Å². The van der Waals surface area contributed by atoms with E-state index < -0.39 is 11.7 Å². The predicted molar refractivity (Wildman–Crippen MR) is 132 cm³/mol. The van der Waals surface area contributed by atoms with Crippen molar-refractivity contribution in [1.29, 1.82) is 0 Å². The van der Waals surface area contributed by atoms with Gasteiger partial charge in [0.25, 0.3) is 11.5 Å². The molecule has 2 fully saturated rings. The van der Waals surface area contributed by atoms with Crippen LogP contribution in [0.1, 0.15) is 34.8 Å². The van der Waals surface area contributed by atoms with Crippen LogP contribution in [0.2, 0.25) is 0 Å². The summed E-state index contributed by atoms with van der Waals surface area (Å²) in [4.78, 5) is 36.5. The van der Waals surface area contributed by atoms with Crippen molar-refractivity contribution < 1.29 is 13.9 Å². The molecule has 5 rings (SSSR count). The number of aryl methyl sites for hydroxylation is 1. The number of nitrogens with zero attached hydrogens (tertiary/aromatic N) is 3. The molecular weight excluding hydrogens is 449 g/mol. The Bertz CT molecular complexity index is 1280. The normalized spacial score (nSPS) is 18.8. The fourth-order valence-corrected chi connectivity index (χ4v) is 4.73. The van der Waals surface area contributed by atoms with Gasteiger partial charge in [-0.3, -0.25) is 19.5 Å². The zero-order valence-electron chi connectivity index (χ0n) is 19.8. The van der Waals surface area contributed by atoms with E-state index in [1.165, 1.54) is 6.07 Å². The van der Waals surface area contributed by atoms with Crippen LogP contribution in [0.15, 0.2) is 41.3 Å². The molecule has 4 heterocycles. The number of pyridine rings is 2. The molecule has 2 saturated heterocycles. The maximum atomic E-state index is 14.7. The number of aromatic amines is 1. The van der Waals surface area contributed by atoms with E-state index >= 15 is 0 Å². The number of rotatable bonds is 6. The number of amides is 1. The third kappa shape index (κ3) is 5.21. The highest BCUT2D eigenvalue weighted by Crippen LogP contribution is 2.22. The highest BCUT2D eigenvalue weighted by molar-refractivity contribution is 5.95. The van der Waals surface area contributed by atoms with E-state index in [0.717, 1.165) is 67.0 Å². The van der Waals surface area contributed by atoms with Crippen molar-refractivity contribution in [3.63, 3.8) is 0 Å². The molecule has 3 aromatic rings. The van der Waals surface area contributed by atoms with Gasteiger partial charge in [0.1, 0.15) is 5.82 Å². The summed E-state index contributed by atoms with van der Waals surface area (Å²) >= 11 is 0. The highest BCUT2D eigenvalue weighted by Gasteiger charge is 2.22. The van der Waals surface area contributed by atoms with Gasteiger partial charge in [0.2, 0.25) is 0 Å². The van der Waals surface area contributed by atoms with Crippen LogP contribution in [0.25, 0.3) is 11.0 Å². The average Bonchev–Trinajstić information content (AvgIpc) is 3.37. The van der Waals surface area contributed by atoms with Crippen LogP contribution in [-0.4, -0.2) is 66.2 Å². The van der Waals surface area contributed by atoms with Crippen molar-refractivity contribution in [3.05, 3.63) is 69.4 Å². The largest absolute Gasteiger partial charge is 0.379 e. The van der Waals surface area contributed by atoms with Crippen LogP contribution >= 0.6 is 0 Å². The van der Waals surface area contributed by atoms with Gasteiger partial charge < -0.3 is 19.9 Å². The number of piperazine rings is 1. The van der Waals surface area contributed by atoms with E-state index in [1.54, 1.807) is 6.07 Å². The number of benzene rings is 1. The second-order valence-electron chi connectivity index (χ2n) is 9.21. The molecule has 8 nitrogen and oxygen atoms in total. The molecule has 9 heteroatoms. The van der Waals surface area contributed by atoms with Crippen LogP contribution in [-0.2, 0) is 17.7 Å². The SMILES string of the molecule is CCc1cc2ncc(CN3CCN(c4ccc(C(=O)NC5CCOC5)c(F)c4)CC3)cc2[nH]c1=O.